The first-order valence-corrected chi connectivity index (χ1v) is 8.31. The molecule has 0 bridgehead atoms. The fraction of sp³-hybridized carbons (Fsp3) is 0.333. The van der Waals surface area contributed by atoms with Crippen molar-refractivity contribution in [2.24, 2.45) is 0 Å². The number of carbonyl (C=O) groups is 2. The Morgan fingerprint density at radius 1 is 1.12 bits per heavy atom. The molecule has 1 aliphatic heterocycles. The van der Waals surface area contributed by atoms with E-state index in [4.69, 9.17) is 0 Å². The lowest BCUT2D eigenvalue weighted by molar-refractivity contribution is 0.0794. The highest BCUT2D eigenvalue weighted by molar-refractivity contribution is 6.08. The first-order chi connectivity index (χ1) is 12.1. The molecule has 2 aromatic rings. The predicted molar refractivity (Wildman–Crippen MR) is 95.8 cm³/mol. The van der Waals surface area contributed by atoms with E-state index in [0.717, 1.165) is 25.9 Å². The lowest BCUT2D eigenvalue weighted by Crippen LogP contribution is -2.29. The minimum Gasteiger partial charge on any atom is -0.357 e. The summed E-state index contributed by atoms with van der Waals surface area (Å²) < 4.78 is 0. The van der Waals surface area contributed by atoms with E-state index in [9.17, 15) is 9.59 Å². The molecule has 7 heteroatoms. The Kier molecular flexibility index (Phi) is 4.92. The molecule has 7 nitrogen and oxygen atoms in total. The zero-order valence-corrected chi connectivity index (χ0v) is 14.4. The van der Waals surface area contributed by atoms with Gasteiger partial charge in [-0.1, -0.05) is 12.1 Å². The Labute approximate surface area is 146 Å². The van der Waals surface area contributed by atoms with Gasteiger partial charge in [0.1, 0.15) is 5.69 Å². The molecule has 0 aliphatic carbocycles. The van der Waals surface area contributed by atoms with Crippen molar-refractivity contribution in [2.75, 3.05) is 30.8 Å². The molecule has 3 rings (SSSR count). The summed E-state index contributed by atoms with van der Waals surface area (Å²) in [6, 6.07) is 8.67. The lowest BCUT2D eigenvalue weighted by Gasteiger charge is -2.18. The van der Waals surface area contributed by atoms with Crippen LogP contribution in [-0.2, 0) is 0 Å². The first kappa shape index (κ1) is 16.9. The average molecular weight is 339 g/mol. The van der Waals surface area contributed by atoms with Gasteiger partial charge in [-0.25, -0.2) is 9.97 Å². The number of aromatic nitrogens is 2. The Bertz CT molecular complexity index is 800. The zero-order valence-electron chi connectivity index (χ0n) is 14.4. The highest BCUT2D eigenvalue weighted by atomic mass is 16.2. The normalized spacial score (nSPS) is 13.6. The van der Waals surface area contributed by atoms with Gasteiger partial charge < -0.3 is 15.5 Å². The molecule has 1 fully saturated rings. The summed E-state index contributed by atoms with van der Waals surface area (Å²) in [6.07, 6.45) is 2.04. The molecule has 2 amide bonds. The maximum atomic E-state index is 12.7. The van der Waals surface area contributed by atoms with Gasteiger partial charge in [0.05, 0.1) is 11.3 Å². The third kappa shape index (κ3) is 3.76. The molecule has 0 unspecified atom stereocenters. The summed E-state index contributed by atoms with van der Waals surface area (Å²) in [6.45, 7) is 3.32. The number of amides is 2. The van der Waals surface area contributed by atoms with Crippen LogP contribution >= 0.6 is 0 Å². The summed E-state index contributed by atoms with van der Waals surface area (Å²) in [5.74, 6) is -0.0431. The summed E-state index contributed by atoms with van der Waals surface area (Å²) >= 11 is 0. The van der Waals surface area contributed by atoms with Crippen molar-refractivity contribution in [2.45, 2.75) is 19.8 Å². The molecular weight excluding hydrogens is 318 g/mol. The number of nitrogens with one attached hydrogen (secondary N) is 2. The molecule has 25 heavy (non-hydrogen) atoms. The number of carbonyl (C=O) groups excluding carboxylic acids is 2. The van der Waals surface area contributed by atoms with Gasteiger partial charge in [0.2, 0.25) is 5.95 Å². The summed E-state index contributed by atoms with van der Waals surface area (Å²) in [4.78, 5) is 35.4. The van der Waals surface area contributed by atoms with Gasteiger partial charge in [-0.3, -0.25) is 9.59 Å². The molecule has 1 saturated heterocycles. The van der Waals surface area contributed by atoms with Gasteiger partial charge in [-0.2, -0.15) is 0 Å². The van der Waals surface area contributed by atoms with Crippen LogP contribution in [0, 0.1) is 6.92 Å². The molecule has 1 aliphatic rings. The number of rotatable bonds is 4. The third-order valence-corrected chi connectivity index (χ3v) is 4.11. The molecule has 0 spiro atoms. The van der Waals surface area contributed by atoms with Crippen LogP contribution in [0.4, 0.5) is 11.6 Å². The second kappa shape index (κ2) is 7.29. The maximum absolute atomic E-state index is 12.7. The van der Waals surface area contributed by atoms with Crippen molar-refractivity contribution in [3.05, 3.63) is 47.3 Å². The summed E-state index contributed by atoms with van der Waals surface area (Å²) in [5, 5.41) is 5.64. The van der Waals surface area contributed by atoms with Crippen LogP contribution in [0.1, 0.15) is 39.4 Å². The number of para-hydroxylation sites is 1. The van der Waals surface area contributed by atoms with Crippen molar-refractivity contribution in [3.63, 3.8) is 0 Å². The van der Waals surface area contributed by atoms with Crippen LogP contribution < -0.4 is 10.6 Å². The number of anilines is 2. The number of likely N-dealkylation sites (tertiary alicyclic amines) is 1. The van der Waals surface area contributed by atoms with E-state index in [1.54, 1.807) is 44.3 Å². The van der Waals surface area contributed by atoms with Gasteiger partial charge in [-0.15, -0.1) is 0 Å². The number of benzene rings is 1. The average Bonchev–Trinajstić information content (AvgIpc) is 3.15. The van der Waals surface area contributed by atoms with Crippen LogP contribution in [-0.4, -0.2) is 46.8 Å². The Morgan fingerprint density at radius 2 is 1.84 bits per heavy atom. The van der Waals surface area contributed by atoms with E-state index >= 15 is 0 Å². The highest BCUT2D eigenvalue weighted by Crippen LogP contribution is 2.21. The van der Waals surface area contributed by atoms with Gasteiger partial charge in [0.15, 0.2) is 0 Å². The standard InChI is InChI=1S/C18H21N5O2/c1-12-11-15(22-18(19-2)20-12)16(24)21-14-8-4-3-7-13(14)17(25)23-9-5-6-10-23/h3-4,7-8,11H,5-6,9-10H2,1-2H3,(H,21,24)(H,19,20,22). The van der Waals surface area contributed by atoms with Gasteiger partial charge in [0, 0.05) is 25.8 Å². The van der Waals surface area contributed by atoms with Crippen molar-refractivity contribution >= 4 is 23.5 Å². The van der Waals surface area contributed by atoms with E-state index in [1.165, 1.54) is 0 Å². The Balaban J connectivity index is 1.84. The number of hydrogen-bond acceptors (Lipinski definition) is 5. The molecule has 0 atom stereocenters. The molecule has 1 aromatic carbocycles. The van der Waals surface area contributed by atoms with Gasteiger partial charge in [-0.05, 0) is 38.0 Å². The van der Waals surface area contributed by atoms with Crippen molar-refractivity contribution in [1.82, 2.24) is 14.9 Å². The van der Waals surface area contributed by atoms with E-state index in [-0.39, 0.29) is 17.5 Å². The maximum Gasteiger partial charge on any atom is 0.274 e. The van der Waals surface area contributed by atoms with Crippen LogP contribution in [0.2, 0.25) is 0 Å². The monoisotopic (exact) mass is 339 g/mol. The Hall–Kier alpha value is -2.96. The SMILES string of the molecule is CNc1nc(C)cc(C(=O)Nc2ccccc2C(=O)N2CCCC2)n1. The van der Waals surface area contributed by atoms with Crippen molar-refractivity contribution < 1.29 is 9.59 Å². The van der Waals surface area contributed by atoms with Crippen LogP contribution in [0.25, 0.3) is 0 Å². The second-order valence-corrected chi connectivity index (χ2v) is 5.97. The fourth-order valence-electron chi connectivity index (χ4n) is 2.85. The smallest absolute Gasteiger partial charge is 0.274 e. The predicted octanol–water partition coefficient (Wildman–Crippen LogP) is 2.32. The molecule has 130 valence electrons. The minimum absolute atomic E-state index is 0.0526. The summed E-state index contributed by atoms with van der Waals surface area (Å²) in [5.41, 5.74) is 1.93. The quantitative estimate of drug-likeness (QED) is 0.892. The van der Waals surface area contributed by atoms with E-state index in [1.807, 2.05) is 4.90 Å². The molecule has 2 N–H and O–H groups in total. The van der Waals surface area contributed by atoms with E-state index < -0.39 is 0 Å². The number of aryl methyl sites for hydroxylation is 1. The van der Waals surface area contributed by atoms with Gasteiger partial charge in [0.25, 0.3) is 11.8 Å². The van der Waals surface area contributed by atoms with Gasteiger partial charge >= 0.3 is 0 Å². The van der Waals surface area contributed by atoms with Crippen LogP contribution in [0.3, 0.4) is 0 Å². The van der Waals surface area contributed by atoms with E-state index in [0.29, 0.717) is 22.9 Å². The molecule has 1 aromatic heterocycles. The summed E-state index contributed by atoms with van der Waals surface area (Å²) in [7, 11) is 1.69. The molecule has 2 heterocycles. The first-order valence-electron chi connectivity index (χ1n) is 8.31. The molecule has 0 saturated carbocycles. The zero-order chi connectivity index (χ0) is 17.8. The van der Waals surface area contributed by atoms with Crippen LogP contribution in [0.15, 0.2) is 30.3 Å². The molecular formula is C18H21N5O2. The molecule has 0 radical (unpaired) electrons. The van der Waals surface area contributed by atoms with Crippen molar-refractivity contribution in [3.8, 4) is 0 Å². The number of nitrogens with zero attached hydrogens (tertiary/aromatic N) is 3. The largest absolute Gasteiger partial charge is 0.357 e. The minimum atomic E-state index is -0.372. The van der Waals surface area contributed by atoms with Crippen LogP contribution in [0.5, 0.6) is 0 Å². The number of hydrogen-bond donors (Lipinski definition) is 2. The lowest BCUT2D eigenvalue weighted by atomic mass is 10.1. The Morgan fingerprint density at radius 3 is 2.56 bits per heavy atom. The third-order valence-electron chi connectivity index (χ3n) is 4.11. The highest BCUT2D eigenvalue weighted by Gasteiger charge is 2.22. The fourth-order valence-corrected chi connectivity index (χ4v) is 2.85. The topological polar surface area (TPSA) is 87.2 Å². The second-order valence-electron chi connectivity index (χ2n) is 5.97. The van der Waals surface area contributed by atoms with Crippen molar-refractivity contribution in [1.29, 1.82) is 0 Å². The van der Waals surface area contributed by atoms with E-state index in [2.05, 4.69) is 20.6 Å².